The van der Waals surface area contributed by atoms with Crippen molar-refractivity contribution < 1.29 is 9.53 Å². The highest BCUT2D eigenvalue weighted by Crippen LogP contribution is 2.28. The fourth-order valence-electron chi connectivity index (χ4n) is 3.12. The SMILES string of the molecule is C=CCCCCCNC=O.N#Cc1cncc(C(N)c2ccc(Oc3ccccc3)cc2)c1N. The van der Waals surface area contributed by atoms with E-state index in [1.807, 2.05) is 66.7 Å². The van der Waals surface area contributed by atoms with Crippen molar-refractivity contribution in [2.45, 2.75) is 31.7 Å². The monoisotopic (exact) mass is 457 g/mol. The van der Waals surface area contributed by atoms with Crippen molar-refractivity contribution in [3.8, 4) is 17.6 Å². The second kappa shape index (κ2) is 14.8. The summed E-state index contributed by atoms with van der Waals surface area (Å²) in [6.45, 7) is 4.43. The number of carbonyl (C=O) groups is 1. The number of nitrogens with one attached hydrogen (secondary N) is 1. The Morgan fingerprint density at radius 3 is 2.41 bits per heavy atom. The molecule has 2 aromatic carbocycles. The fraction of sp³-hybridized carbons (Fsp3) is 0.222. The molecule has 7 nitrogen and oxygen atoms in total. The lowest BCUT2D eigenvalue weighted by Gasteiger charge is -2.15. The molecule has 1 unspecified atom stereocenters. The van der Waals surface area contributed by atoms with Crippen LogP contribution in [0.2, 0.25) is 0 Å². The maximum atomic E-state index is 9.77. The predicted molar refractivity (Wildman–Crippen MR) is 135 cm³/mol. The van der Waals surface area contributed by atoms with E-state index in [0.717, 1.165) is 37.1 Å². The molecule has 0 fully saturated rings. The van der Waals surface area contributed by atoms with Gasteiger partial charge in [-0.2, -0.15) is 5.26 Å². The first-order valence-corrected chi connectivity index (χ1v) is 11.1. The van der Waals surface area contributed by atoms with Crippen molar-refractivity contribution >= 4 is 12.1 Å². The van der Waals surface area contributed by atoms with Gasteiger partial charge >= 0.3 is 0 Å². The topological polar surface area (TPSA) is 127 Å². The van der Waals surface area contributed by atoms with Crippen LogP contribution in [0, 0.1) is 11.3 Å². The number of aromatic nitrogens is 1. The van der Waals surface area contributed by atoms with Crippen LogP contribution in [0.15, 0.2) is 79.6 Å². The average molecular weight is 458 g/mol. The average Bonchev–Trinajstić information content (AvgIpc) is 2.87. The first kappa shape index (κ1) is 26.1. The molecule has 0 bridgehead atoms. The Bertz CT molecular complexity index is 1050. The van der Waals surface area contributed by atoms with Gasteiger partial charge in [-0.1, -0.05) is 42.8 Å². The van der Waals surface area contributed by atoms with Crippen LogP contribution >= 0.6 is 0 Å². The zero-order valence-electron chi connectivity index (χ0n) is 19.2. The number of hydrogen-bond acceptors (Lipinski definition) is 6. The summed E-state index contributed by atoms with van der Waals surface area (Å²) in [4.78, 5) is 13.8. The van der Waals surface area contributed by atoms with E-state index >= 15 is 0 Å². The summed E-state index contributed by atoms with van der Waals surface area (Å²) >= 11 is 0. The van der Waals surface area contributed by atoms with E-state index in [1.54, 1.807) is 6.20 Å². The Labute approximate surface area is 201 Å². The number of nitriles is 1. The van der Waals surface area contributed by atoms with Crippen LogP contribution in [0.1, 0.15) is 48.4 Å². The summed E-state index contributed by atoms with van der Waals surface area (Å²) in [5.41, 5.74) is 14.5. The van der Waals surface area contributed by atoms with Crippen molar-refractivity contribution in [3.05, 3.63) is 96.3 Å². The molecule has 0 aliphatic rings. The third-order valence-corrected chi connectivity index (χ3v) is 5.00. The van der Waals surface area contributed by atoms with Crippen molar-refractivity contribution in [1.82, 2.24) is 10.3 Å². The summed E-state index contributed by atoms with van der Waals surface area (Å²) in [6.07, 6.45) is 10.2. The van der Waals surface area contributed by atoms with Crippen LogP contribution in [-0.4, -0.2) is 17.9 Å². The molecule has 5 N–H and O–H groups in total. The second-order valence-corrected chi connectivity index (χ2v) is 7.47. The molecule has 3 aromatic rings. The number of nitrogens with two attached hydrogens (primary N) is 2. The van der Waals surface area contributed by atoms with E-state index in [4.69, 9.17) is 21.5 Å². The second-order valence-electron chi connectivity index (χ2n) is 7.47. The lowest BCUT2D eigenvalue weighted by Crippen LogP contribution is -2.15. The van der Waals surface area contributed by atoms with Gasteiger partial charge in [0.25, 0.3) is 0 Å². The van der Waals surface area contributed by atoms with Crippen molar-refractivity contribution in [2.75, 3.05) is 12.3 Å². The minimum Gasteiger partial charge on any atom is -0.457 e. The van der Waals surface area contributed by atoms with Crippen molar-refractivity contribution in [1.29, 1.82) is 5.26 Å². The van der Waals surface area contributed by atoms with E-state index in [1.165, 1.54) is 19.0 Å². The Morgan fingerprint density at radius 1 is 1.06 bits per heavy atom. The van der Waals surface area contributed by atoms with Gasteiger partial charge in [-0.05, 0) is 49.1 Å². The Hall–Kier alpha value is -4.15. The maximum Gasteiger partial charge on any atom is 0.207 e. The molecule has 0 aliphatic carbocycles. The van der Waals surface area contributed by atoms with Gasteiger partial charge in [0.15, 0.2) is 0 Å². The molecule has 0 aliphatic heterocycles. The summed E-state index contributed by atoms with van der Waals surface area (Å²) in [5.74, 6) is 1.48. The molecular weight excluding hydrogens is 426 g/mol. The number of benzene rings is 2. The van der Waals surface area contributed by atoms with E-state index in [9.17, 15) is 4.79 Å². The number of ether oxygens (including phenoxy) is 1. The minimum absolute atomic E-state index is 0.326. The van der Waals surface area contributed by atoms with Crippen molar-refractivity contribution in [2.24, 2.45) is 5.73 Å². The number of para-hydroxylation sites is 1. The Kier molecular flexibility index (Phi) is 11.4. The molecule has 0 saturated carbocycles. The number of nitrogens with zero attached hydrogens (tertiary/aromatic N) is 2. The number of carbonyl (C=O) groups excluding carboxylic acids is 1. The highest BCUT2D eigenvalue weighted by molar-refractivity contribution is 5.60. The van der Waals surface area contributed by atoms with Gasteiger partial charge in [0, 0.05) is 24.5 Å². The molecule has 3 rings (SSSR count). The number of unbranched alkanes of at least 4 members (excludes halogenated alkanes) is 3. The normalized spacial score (nSPS) is 10.7. The molecule has 0 radical (unpaired) electrons. The molecule has 1 atom stereocenters. The third-order valence-electron chi connectivity index (χ3n) is 5.00. The Balaban J connectivity index is 0.000000347. The van der Waals surface area contributed by atoms with E-state index in [2.05, 4.69) is 16.9 Å². The van der Waals surface area contributed by atoms with Crippen LogP contribution in [-0.2, 0) is 4.79 Å². The van der Waals surface area contributed by atoms with E-state index < -0.39 is 6.04 Å². The zero-order chi connectivity index (χ0) is 24.6. The number of allylic oxidation sites excluding steroid dienone is 1. The number of hydrogen-bond donors (Lipinski definition) is 3. The summed E-state index contributed by atoms with van der Waals surface area (Å²) < 4.78 is 5.76. The van der Waals surface area contributed by atoms with Gasteiger partial charge in [0.2, 0.25) is 6.41 Å². The first-order chi connectivity index (χ1) is 16.6. The zero-order valence-corrected chi connectivity index (χ0v) is 19.2. The highest BCUT2D eigenvalue weighted by atomic mass is 16.5. The molecular formula is C27H31N5O2. The maximum absolute atomic E-state index is 9.77. The van der Waals surface area contributed by atoms with Gasteiger partial charge in [-0.3, -0.25) is 9.78 Å². The van der Waals surface area contributed by atoms with Crippen LogP contribution in [0.25, 0.3) is 0 Å². The van der Waals surface area contributed by atoms with E-state index in [0.29, 0.717) is 22.6 Å². The van der Waals surface area contributed by atoms with Crippen LogP contribution < -0.4 is 21.5 Å². The molecule has 176 valence electrons. The van der Waals surface area contributed by atoms with E-state index in [-0.39, 0.29) is 0 Å². The number of anilines is 1. The standard InChI is InChI=1S/C19H16N4O.C8H15NO/c20-10-14-11-23-12-17(19(14)22)18(21)13-6-8-16(9-7-13)24-15-4-2-1-3-5-15;1-2-3-4-5-6-7-9-8-10/h1-9,11-12,18H,21H2,(H2,22,23);2,8H,1,3-7H2,(H,9,10). The lowest BCUT2D eigenvalue weighted by atomic mass is 9.98. The number of nitrogen functional groups attached to an aromatic ring is 1. The largest absolute Gasteiger partial charge is 0.457 e. The predicted octanol–water partition coefficient (Wildman–Crippen LogP) is 4.85. The lowest BCUT2D eigenvalue weighted by molar-refractivity contribution is -0.109. The van der Waals surface area contributed by atoms with Gasteiger partial charge in [-0.25, -0.2) is 0 Å². The smallest absolute Gasteiger partial charge is 0.207 e. The minimum atomic E-state index is -0.462. The van der Waals surface area contributed by atoms with Gasteiger partial charge in [0.1, 0.15) is 17.6 Å². The number of pyridine rings is 1. The summed E-state index contributed by atoms with van der Waals surface area (Å²) in [7, 11) is 0. The third kappa shape index (κ3) is 8.41. The van der Waals surface area contributed by atoms with Crippen molar-refractivity contribution in [3.63, 3.8) is 0 Å². The molecule has 1 aromatic heterocycles. The summed E-state index contributed by atoms with van der Waals surface area (Å²) in [6, 6.07) is 18.5. The first-order valence-electron chi connectivity index (χ1n) is 11.1. The summed E-state index contributed by atoms with van der Waals surface area (Å²) in [5, 5.41) is 11.7. The quantitative estimate of drug-likeness (QED) is 0.214. The Morgan fingerprint density at radius 2 is 1.76 bits per heavy atom. The number of rotatable bonds is 11. The van der Waals surface area contributed by atoms with Gasteiger partial charge in [-0.15, -0.1) is 6.58 Å². The van der Waals surface area contributed by atoms with Gasteiger partial charge in [0.05, 0.1) is 17.3 Å². The fourth-order valence-corrected chi connectivity index (χ4v) is 3.12. The van der Waals surface area contributed by atoms with Gasteiger partial charge < -0.3 is 21.5 Å². The molecule has 0 spiro atoms. The number of amides is 1. The molecule has 1 amide bonds. The molecule has 0 saturated heterocycles. The molecule has 1 heterocycles. The molecule has 34 heavy (non-hydrogen) atoms. The van der Waals surface area contributed by atoms with Crippen LogP contribution in [0.5, 0.6) is 11.5 Å². The van der Waals surface area contributed by atoms with Crippen LogP contribution in [0.4, 0.5) is 5.69 Å². The highest BCUT2D eigenvalue weighted by Gasteiger charge is 2.15. The molecule has 7 heteroatoms. The van der Waals surface area contributed by atoms with Crippen LogP contribution in [0.3, 0.4) is 0 Å².